The Morgan fingerprint density at radius 3 is 2.23 bits per heavy atom. The van der Waals surface area contributed by atoms with Crippen LogP contribution in [0.4, 0.5) is 13.2 Å². The number of carbonyl (C=O) groups excluding carboxylic acids is 2. The minimum Gasteiger partial charge on any atom is -0.417 e. The van der Waals surface area contributed by atoms with E-state index in [1.165, 1.54) is 11.9 Å². The lowest BCUT2D eigenvalue weighted by molar-refractivity contribution is -0.189. The van der Waals surface area contributed by atoms with Gasteiger partial charge in [0.25, 0.3) is 0 Å². The number of hydrogen-bond donors (Lipinski definition) is 1. The fourth-order valence-electron chi connectivity index (χ4n) is 3.52. The van der Waals surface area contributed by atoms with E-state index in [1.807, 2.05) is 24.3 Å². The summed E-state index contributed by atoms with van der Waals surface area (Å²) in [5.41, 5.74) is 2.01. The van der Waals surface area contributed by atoms with Gasteiger partial charge in [0.2, 0.25) is 15.9 Å². The van der Waals surface area contributed by atoms with Gasteiger partial charge in [0.15, 0.2) is 5.75 Å². The molecule has 15 heteroatoms. The monoisotopic (exact) mass is 608 g/mol. The third-order valence-electron chi connectivity index (χ3n) is 5.81. The minimum atomic E-state index is -5.30. The van der Waals surface area contributed by atoms with Crippen LogP contribution in [0.1, 0.15) is 17.5 Å². The van der Waals surface area contributed by atoms with Crippen LogP contribution in [0, 0.1) is 0 Å². The van der Waals surface area contributed by atoms with E-state index in [0.29, 0.717) is 13.0 Å². The van der Waals surface area contributed by atoms with E-state index in [4.69, 9.17) is 23.2 Å². The van der Waals surface area contributed by atoms with Crippen molar-refractivity contribution in [1.82, 2.24) is 14.5 Å². The lowest BCUT2D eigenvalue weighted by Gasteiger charge is -2.21. The summed E-state index contributed by atoms with van der Waals surface area (Å²) < 4.78 is 68.4. The van der Waals surface area contributed by atoms with E-state index < -0.39 is 42.9 Å². The van der Waals surface area contributed by atoms with Gasteiger partial charge in [-0.25, -0.2) is 17.5 Å². The van der Waals surface area contributed by atoms with Crippen molar-refractivity contribution >= 4 is 50.9 Å². The number of benzene rings is 2. The second-order valence-electron chi connectivity index (χ2n) is 8.60. The Balaban J connectivity index is 1.55. The number of alkyl halides is 3. The van der Waals surface area contributed by atoms with Crippen LogP contribution < -0.4 is 10.1 Å². The van der Waals surface area contributed by atoms with Crippen LogP contribution in [0.5, 0.6) is 5.75 Å². The Morgan fingerprint density at radius 2 is 1.69 bits per heavy atom. The molecule has 0 fully saturated rings. The SMILES string of the molecule is CN(CCc1ccc(C2=NCCN2)cc1)C(=O)CCN(C)S(=O)(=O)c1cc(Cl)c(OC(=O)C(F)(F)F)c(Cl)c1. The first kappa shape index (κ1) is 30.7. The van der Waals surface area contributed by atoms with Crippen LogP contribution in [0.3, 0.4) is 0 Å². The van der Waals surface area contributed by atoms with Crippen molar-refractivity contribution in [2.45, 2.75) is 23.9 Å². The minimum absolute atomic E-state index is 0.126. The first-order valence-corrected chi connectivity index (χ1v) is 13.8. The molecule has 1 aliphatic heterocycles. The van der Waals surface area contributed by atoms with Crippen LogP contribution in [0.25, 0.3) is 0 Å². The van der Waals surface area contributed by atoms with E-state index in [9.17, 15) is 31.2 Å². The molecule has 1 heterocycles. The van der Waals surface area contributed by atoms with E-state index in [2.05, 4.69) is 15.0 Å². The maximum absolute atomic E-state index is 12.9. The number of nitrogens with one attached hydrogen (secondary N) is 1. The van der Waals surface area contributed by atoms with Crippen molar-refractivity contribution in [3.63, 3.8) is 0 Å². The molecule has 2 aromatic rings. The Kier molecular flexibility index (Phi) is 9.86. The maximum Gasteiger partial charge on any atom is 0.491 e. The fraction of sp³-hybridized carbons (Fsp3) is 0.375. The van der Waals surface area contributed by atoms with Gasteiger partial charge in [-0.05, 0) is 24.1 Å². The van der Waals surface area contributed by atoms with Gasteiger partial charge < -0.3 is 15.0 Å². The summed E-state index contributed by atoms with van der Waals surface area (Å²) in [6, 6.07) is 9.46. The van der Waals surface area contributed by atoms with Crippen molar-refractivity contribution in [3.8, 4) is 5.75 Å². The third kappa shape index (κ3) is 7.84. The number of sulfonamides is 1. The zero-order valence-corrected chi connectivity index (χ0v) is 23.2. The predicted molar refractivity (Wildman–Crippen MR) is 140 cm³/mol. The summed E-state index contributed by atoms with van der Waals surface area (Å²) in [5, 5.41) is 1.99. The number of carbonyl (C=O) groups is 2. The number of esters is 1. The lowest BCUT2D eigenvalue weighted by Crippen LogP contribution is -2.34. The molecule has 3 rings (SSSR count). The largest absolute Gasteiger partial charge is 0.491 e. The summed E-state index contributed by atoms with van der Waals surface area (Å²) in [6.07, 6.45) is -4.83. The highest BCUT2D eigenvalue weighted by Crippen LogP contribution is 2.37. The van der Waals surface area contributed by atoms with E-state index in [0.717, 1.165) is 46.5 Å². The molecule has 212 valence electrons. The number of ether oxygens (including phenoxy) is 1. The van der Waals surface area contributed by atoms with Crippen molar-refractivity contribution in [3.05, 3.63) is 57.6 Å². The number of amides is 1. The van der Waals surface area contributed by atoms with Gasteiger partial charge >= 0.3 is 12.1 Å². The summed E-state index contributed by atoms with van der Waals surface area (Å²) >= 11 is 11.7. The highest BCUT2D eigenvalue weighted by Gasteiger charge is 2.42. The van der Waals surface area contributed by atoms with Gasteiger partial charge in [0.1, 0.15) is 5.84 Å². The summed E-state index contributed by atoms with van der Waals surface area (Å²) in [6.45, 7) is 1.79. The molecule has 1 amide bonds. The van der Waals surface area contributed by atoms with Crippen molar-refractivity contribution in [1.29, 1.82) is 0 Å². The molecule has 0 unspecified atom stereocenters. The summed E-state index contributed by atoms with van der Waals surface area (Å²) in [7, 11) is -1.39. The number of likely N-dealkylation sites (N-methyl/N-ethyl adjacent to an activating group) is 1. The smallest absolute Gasteiger partial charge is 0.417 e. The number of nitrogens with zero attached hydrogens (tertiary/aromatic N) is 3. The molecule has 0 saturated carbocycles. The molecule has 0 radical (unpaired) electrons. The molecule has 0 saturated heterocycles. The summed E-state index contributed by atoms with van der Waals surface area (Å²) in [5.74, 6) is -2.81. The molecule has 1 N–H and O–H groups in total. The van der Waals surface area contributed by atoms with Crippen molar-refractivity contribution in [2.75, 3.05) is 40.3 Å². The van der Waals surface area contributed by atoms with Crippen LogP contribution in [-0.4, -0.2) is 81.8 Å². The molecule has 0 spiro atoms. The molecule has 1 aliphatic rings. The number of amidine groups is 1. The Labute approximate surface area is 233 Å². The standard InChI is InChI=1S/C24H25Cl2F3N4O5S/c1-32(11-7-15-3-5-16(6-4-15)22-30-9-10-31-22)20(34)8-12-33(2)39(36,37)17-13-18(25)21(19(26)14-17)38-23(35)24(27,28)29/h3-6,13-14H,7-12H2,1-2H3,(H,30,31). The van der Waals surface area contributed by atoms with Gasteiger partial charge in [-0.2, -0.15) is 13.2 Å². The van der Waals surface area contributed by atoms with Crippen molar-refractivity contribution < 1.29 is 35.9 Å². The lowest BCUT2D eigenvalue weighted by atomic mass is 10.1. The third-order valence-corrected chi connectivity index (χ3v) is 8.21. The topological polar surface area (TPSA) is 108 Å². The van der Waals surface area contributed by atoms with E-state index >= 15 is 0 Å². The molecular formula is C24H25Cl2F3N4O5S. The Hall–Kier alpha value is -2.87. The van der Waals surface area contributed by atoms with Crippen LogP contribution >= 0.6 is 23.2 Å². The highest BCUT2D eigenvalue weighted by molar-refractivity contribution is 7.89. The van der Waals surface area contributed by atoms with Gasteiger partial charge in [-0.3, -0.25) is 9.79 Å². The highest BCUT2D eigenvalue weighted by atomic mass is 35.5. The summed E-state index contributed by atoms with van der Waals surface area (Å²) in [4.78, 5) is 29.1. The predicted octanol–water partition coefficient (Wildman–Crippen LogP) is 3.52. The second kappa shape index (κ2) is 12.5. The molecule has 2 aromatic carbocycles. The quantitative estimate of drug-likeness (QED) is 0.327. The van der Waals surface area contributed by atoms with E-state index in [1.54, 1.807) is 7.05 Å². The second-order valence-corrected chi connectivity index (χ2v) is 11.5. The van der Waals surface area contributed by atoms with Crippen LogP contribution in [-0.2, 0) is 26.0 Å². The first-order chi connectivity index (χ1) is 18.2. The van der Waals surface area contributed by atoms with E-state index in [-0.39, 0.29) is 18.9 Å². The zero-order chi connectivity index (χ0) is 29.0. The van der Waals surface area contributed by atoms with Gasteiger partial charge in [0, 0.05) is 45.7 Å². The first-order valence-electron chi connectivity index (χ1n) is 11.6. The molecule has 39 heavy (non-hydrogen) atoms. The van der Waals surface area contributed by atoms with Crippen molar-refractivity contribution in [2.24, 2.45) is 4.99 Å². The molecule has 0 bridgehead atoms. The molecular weight excluding hydrogens is 584 g/mol. The molecule has 0 aromatic heterocycles. The average Bonchev–Trinajstić information content (AvgIpc) is 3.42. The molecule has 9 nitrogen and oxygen atoms in total. The number of aliphatic imine (C=N–C) groups is 1. The average molecular weight is 609 g/mol. The maximum atomic E-state index is 12.9. The van der Waals surface area contributed by atoms with Gasteiger partial charge in [0.05, 0.1) is 21.5 Å². The fourth-order valence-corrected chi connectivity index (χ4v) is 5.44. The van der Waals surface area contributed by atoms with Crippen LogP contribution in [0.2, 0.25) is 10.0 Å². The van der Waals surface area contributed by atoms with Crippen LogP contribution in [0.15, 0.2) is 46.3 Å². The van der Waals surface area contributed by atoms with Gasteiger partial charge in [-0.15, -0.1) is 0 Å². The normalized spacial score (nSPS) is 13.7. The number of halogens is 5. The molecule has 0 aliphatic carbocycles. The molecule has 0 atom stereocenters. The van der Waals surface area contributed by atoms with Gasteiger partial charge in [-0.1, -0.05) is 47.5 Å². The number of rotatable bonds is 10. The number of hydrogen-bond acceptors (Lipinski definition) is 7. The Morgan fingerprint density at radius 1 is 1.08 bits per heavy atom. The Bertz CT molecular complexity index is 1350. The zero-order valence-electron chi connectivity index (χ0n) is 20.9.